The third-order valence-electron chi connectivity index (χ3n) is 4.02. The van der Waals surface area contributed by atoms with E-state index in [9.17, 15) is 9.59 Å². The third-order valence-corrected chi connectivity index (χ3v) is 4.27. The lowest BCUT2D eigenvalue weighted by molar-refractivity contribution is -0.118. The summed E-state index contributed by atoms with van der Waals surface area (Å²) in [7, 11) is 0. The van der Waals surface area contributed by atoms with Crippen molar-refractivity contribution in [2.24, 2.45) is 0 Å². The number of nitrogens with one attached hydrogen (secondary N) is 2. The molecule has 0 bridgehead atoms. The normalized spacial score (nSPS) is 14.7. The van der Waals surface area contributed by atoms with Gasteiger partial charge in [0.05, 0.1) is 31.0 Å². The van der Waals surface area contributed by atoms with Gasteiger partial charge in [-0.05, 0) is 36.4 Å². The lowest BCUT2D eigenvalue weighted by Gasteiger charge is -2.25. The first kappa shape index (κ1) is 18.4. The highest BCUT2D eigenvalue weighted by atomic mass is 35.5. The number of nitrogens with zero attached hydrogens (tertiary/aromatic N) is 1. The van der Waals surface area contributed by atoms with Crippen molar-refractivity contribution >= 4 is 34.8 Å². The second-order valence-electron chi connectivity index (χ2n) is 5.94. The van der Waals surface area contributed by atoms with Gasteiger partial charge >= 0.3 is 0 Å². The number of morpholine rings is 1. The lowest BCUT2D eigenvalue weighted by Crippen LogP contribution is -2.41. The van der Waals surface area contributed by atoms with Crippen LogP contribution in [0.1, 0.15) is 10.4 Å². The number of anilines is 2. The van der Waals surface area contributed by atoms with Crippen LogP contribution >= 0.6 is 11.6 Å². The van der Waals surface area contributed by atoms with Gasteiger partial charge in [-0.3, -0.25) is 14.5 Å². The third kappa shape index (κ3) is 5.05. The highest BCUT2D eigenvalue weighted by Crippen LogP contribution is 2.19. The van der Waals surface area contributed by atoms with Gasteiger partial charge in [0, 0.05) is 23.8 Å². The number of amides is 2. The molecule has 0 atom stereocenters. The standard InChI is InChI=1S/C19H20ClN3O3/c20-14-5-7-15(8-6-14)21-19(25)16-3-1-2-4-17(16)22-18(24)13-23-9-11-26-12-10-23/h1-8H,9-13H2,(H,21,25)(H,22,24). The van der Waals surface area contributed by atoms with Gasteiger partial charge in [-0.25, -0.2) is 0 Å². The Bertz CT molecular complexity index is 774. The summed E-state index contributed by atoms with van der Waals surface area (Å²) in [5.74, 6) is -0.451. The molecule has 0 saturated carbocycles. The molecule has 2 N–H and O–H groups in total. The predicted molar refractivity (Wildman–Crippen MR) is 102 cm³/mol. The fourth-order valence-corrected chi connectivity index (χ4v) is 2.80. The maximum atomic E-state index is 12.6. The molecule has 7 heteroatoms. The fourth-order valence-electron chi connectivity index (χ4n) is 2.67. The number of carbonyl (C=O) groups is 2. The molecular weight excluding hydrogens is 354 g/mol. The van der Waals surface area contributed by atoms with Crippen molar-refractivity contribution in [1.29, 1.82) is 0 Å². The zero-order valence-electron chi connectivity index (χ0n) is 14.2. The van der Waals surface area contributed by atoms with Crippen LogP contribution < -0.4 is 10.6 Å². The summed E-state index contributed by atoms with van der Waals surface area (Å²) in [6, 6.07) is 13.8. The molecule has 0 unspecified atom stereocenters. The van der Waals surface area contributed by atoms with E-state index in [4.69, 9.17) is 16.3 Å². The molecule has 3 rings (SSSR count). The molecule has 1 saturated heterocycles. The Labute approximate surface area is 157 Å². The number of hydrogen-bond donors (Lipinski definition) is 2. The molecule has 1 aliphatic rings. The van der Waals surface area contributed by atoms with Gasteiger partial charge in [-0.15, -0.1) is 0 Å². The van der Waals surface area contributed by atoms with Crippen LogP contribution in [0.2, 0.25) is 5.02 Å². The van der Waals surface area contributed by atoms with E-state index in [2.05, 4.69) is 10.6 Å². The highest BCUT2D eigenvalue weighted by Gasteiger charge is 2.17. The van der Waals surface area contributed by atoms with Crippen LogP contribution in [0, 0.1) is 0 Å². The number of hydrogen-bond acceptors (Lipinski definition) is 4. The van der Waals surface area contributed by atoms with Crippen LogP contribution in [0.25, 0.3) is 0 Å². The van der Waals surface area contributed by atoms with E-state index < -0.39 is 0 Å². The zero-order chi connectivity index (χ0) is 18.4. The van der Waals surface area contributed by atoms with Crippen molar-refractivity contribution in [1.82, 2.24) is 4.90 Å². The minimum Gasteiger partial charge on any atom is -0.379 e. The summed E-state index contributed by atoms with van der Waals surface area (Å²) < 4.78 is 5.28. The summed E-state index contributed by atoms with van der Waals surface area (Å²) in [6.07, 6.45) is 0. The average Bonchev–Trinajstić information content (AvgIpc) is 2.65. The molecule has 0 aromatic heterocycles. The molecule has 136 valence electrons. The monoisotopic (exact) mass is 373 g/mol. The summed E-state index contributed by atoms with van der Waals surface area (Å²) in [4.78, 5) is 26.9. The first-order valence-corrected chi connectivity index (χ1v) is 8.75. The van der Waals surface area contributed by atoms with E-state index in [0.29, 0.717) is 35.2 Å². The van der Waals surface area contributed by atoms with Gasteiger partial charge in [0.15, 0.2) is 0 Å². The van der Waals surface area contributed by atoms with E-state index in [0.717, 1.165) is 13.1 Å². The van der Waals surface area contributed by atoms with Crippen LogP contribution in [-0.4, -0.2) is 49.6 Å². The van der Waals surface area contributed by atoms with Gasteiger partial charge in [0.2, 0.25) is 5.91 Å². The lowest BCUT2D eigenvalue weighted by atomic mass is 10.1. The predicted octanol–water partition coefficient (Wildman–Crippen LogP) is 2.86. The van der Waals surface area contributed by atoms with E-state index in [1.54, 1.807) is 48.5 Å². The number of para-hydroxylation sites is 1. The van der Waals surface area contributed by atoms with Crippen LogP contribution in [0.5, 0.6) is 0 Å². The summed E-state index contributed by atoms with van der Waals surface area (Å²) >= 11 is 5.86. The van der Waals surface area contributed by atoms with E-state index in [1.165, 1.54) is 0 Å². The minimum absolute atomic E-state index is 0.154. The summed E-state index contributed by atoms with van der Waals surface area (Å²) in [6.45, 7) is 3.00. The maximum Gasteiger partial charge on any atom is 0.257 e. The Kier molecular flexibility index (Phi) is 6.22. The molecule has 2 amide bonds. The smallest absolute Gasteiger partial charge is 0.257 e. The van der Waals surface area contributed by atoms with Gasteiger partial charge in [0.25, 0.3) is 5.91 Å². The Morgan fingerprint density at radius 3 is 2.42 bits per heavy atom. The second kappa shape index (κ2) is 8.80. The summed E-state index contributed by atoms with van der Waals surface area (Å²) in [5.41, 5.74) is 1.52. The minimum atomic E-state index is -0.297. The first-order valence-electron chi connectivity index (χ1n) is 8.38. The van der Waals surface area contributed by atoms with Gasteiger partial charge in [-0.1, -0.05) is 23.7 Å². The van der Waals surface area contributed by atoms with E-state index >= 15 is 0 Å². The molecule has 2 aromatic rings. The van der Waals surface area contributed by atoms with E-state index in [-0.39, 0.29) is 18.4 Å². The van der Waals surface area contributed by atoms with Crippen molar-refractivity contribution < 1.29 is 14.3 Å². The largest absolute Gasteiger partial charge is 0.379 e. The van der Waals surface area contributed by atoms with Crippen LogP contribution in [0.4, 0.5) is 11.4 Å². The number of rotatable bonds is 5. The number of halogens is 1. The highest BCUT2D eigenvalue weighted by molar-refractivity contribution is 6.30. The summed E-state index contributed by atoms with van der Waals surface area (Å²) in [5, 5.41) is 6.23. The average molecular weight is 374 g/mol. The van der Waals surface area contributed by atoms with Crippen LogP contribution in [-0.2, 0) is 9.53 Å². The Morgan fingerprint density at radius 1 is 1.00 bits per heavy atom. The van der Waals surface area contributed by atoms with Crippen LogP contribution in [0.3, 0.4) is 0 Å². The molecule has 0 spiro atoms. The second-order valence-corrected chi connectivity index (χ2v) is 6.38. The zero-order valence-corrected chi connectivity index (χ0v) is 15.0. The van der Waals surface area contributed by atoms with Crippen molar-refractivity contribution in [2.75, 3.05) is 43.5 Å². The Hall–Kier alpha value is -2.41. The fraction of sp³-hybridized carbons (Fsp3) is 0.263. The van der Waals surface area contributed by atoms with Crippen molar-refractivity contribution in [2.45, 2.75) is 0 Å². The molecule has 1 aliphatic heterocycles. The topological polar surface area (TPSA) is 70.7 Å². The molecular formula is C19H20ClN3O3. The maximum absolute atomic E-state index is 12.6. The molecule has 0 aliphatic carbocycles. The van der Waals surface area contributed by atoms with Gasteiger partial charge in [0.1, 0.15) is 0 Å². The van der Waals surface area contributed by atoms with Crippen LogP contribution in [0.15, 0.2) is 48.5 Å². The SMILES string of the molecule is O=C(CN1CCOCC1)Nc1ccccc1C(=O)Nc1ccc(Cl)cc1. The molecule has 1 heterocycles. The number of benzene rings is 2. The molecule has 6 nitrogen and oxygen atoms in total. The quantitative estimate of drug-likeness (QED) is 0.845. The molecule has 2 aromatic carbocycles. The van der Waals surface area contributed by atoms with Crippen molar-refractivity contribution in [3.8, 4) is 0 Å². The Balaban J connectivity index is 1.65. The van der Waals surface area contributed by atoms with Gasteiger partial charge in [-0.2, -0.15) is 0 Å². The molecule has 1 fully saturated rings. The number of carbonyl (C=O) groups excluding carboxylic acids is 2. The molecule has 0 radical (unpaired) electrons. The molecule has 26 heavy (non-hydrogen) atoms. The Morgan fingerprint density at radius 2 is 1.69 bits per heavy atom. The van der Waals surface area contributed by atoms with Crippen molar-refractivity contribution in [3.63, 3.8) is 0 Å². The van der Waals surface area contributed by atoms with Crippen molar-refractivity contribution in [3.05, 3.63) is 59.1 Å². The first-order chi connectivity index (χ1) is 12.6. The van der Waals surface area contributed by atoms with Gasteiger partial charge < -0.3 is 15.4 Å². The van der Waals surface area contributed by atoms with E-state index in [1.807, 2.05) is 4.90 Å². The number of ether oxygens (including phenoxy) is 1.